The predicted octanol–water partition coefficient (Wildman–Crippen LogP) is 1.26. The first-order valence-corrected chi connectivity index (χ1v) is 8.17. The molecule has 0 aromatic heterocycles. The Morgan fingerprint density at radius 3 is 2.50 bits per heavy atom. The average Bonchev–Trinajstić information content (AvgIpc) is 3.12. The number of carboxylic acid groups (broad SMARTS) is 1. The molecule has 1 amide bonds. The van der Waals surface area contributed by atoms with Crippen molar-refractivity contribution in [2.45, 2.75) is 12.0 Å². The van der Waals surface area contributed by atoms with E-state index in [2.05, 4.69) is 0 Å². The normalized spacial score (nSPS) is 23.4. The van der Waals surface area contributed by atoms with E-state index in [0.29, 0.717) is 45.0 Å². The minimum atomic E-state index is -1.01. The Morgan fingerprint density at radius 2 is 1.96 bits per heavy atom. The first-order chi connectivity index (χ1) is 12.0. The number of aliphatic carboxylic acids is 1. The lowest BCUT2D eigenvalue weighted by atomic mass is 9.95. The van der Waals surface area contributed by atoms with E-state index < -0.39 is 17.3 Å². The van der Waals surface area contributed by atoms with Crippen molar-refractivity contribution < 1.29 is 28.6 Å². The molecule has 9 heteroatoms. The number of methoxy groups -OCH3 is 1. The number of carbonyl (C=O) groups excluding carboxylic acids is 1. The van der Waals surface area contributed by atoms with Crippen LogP contribution in [0.1, 0.15) is 16.8 Å². The second-order valence-corrected chi connectivity index (χ2v) is 6.26. The van der Waals surface area contributed by atoms with Gasteiger partial charge in [0.15, 0.2) is 0 Å². The topological polar surface area (TPSA) is 79.3 Å². The number of benzene rings is 1. The Labute approximate surface area is 157 Å². The van der Waals surface area contributed by atoms with E-state index in [1.54, 1.807) is 4.90 Å². The third-order valence-electron chi connectivity index (χ3n) is 4.96. The molecule has 0 bridgehead atoms. The SMILES string of the molecule is COc1ccc(F)cc1C(=O)N1CCN(C2(C(=O)O)CCOC2)CC1.Cl. The van der Waals surface area contributed by atoms with E-state index in [9.17, 15) is 19.1 Å². The van der Waals surface area contributed by atoms with E-state index in [0.717, 1.165) is 6.07 Å². The molecule has 26 heavy (non-hydrogen) atoms. The Morgan fingerprint density at radius 1 is 1.27 bits per heavy atom. The maximum atomic E-state index is 13.5. The first-order valence-electron chi connectivity index (χ1n) is 8.17. The molecule has 1 unspecified atom stereocenters. The fourth-order valence-electron chi connectivity index (χ4n) is 3.46. The molecule has 2 aliphatic heterocycles. The van der Waals surface area contributed by atoms with Crippen molar-refractivity contribution >= 4 is 24.3 Å². The molecule has 144 valence electrons. The molecule has 1 atom stereocenters. The molecular weight excluding hydrogens is 367 g/mol. The molecule has 0 spiro atoms. The maximum absolute atomic E-state index is 13.5. The molecule has 1 aromatic rings. The summed E-state index contributed by atoms with van der Waals surface area (Å²) in [6.07, 6.45) is 0.438. The van der Waals surface area contributed by atoms with Crippen molar-refractivity contribution in [2.24, 2.45) is 0 Å². The van der Waals surface area contributed by atoms with Gasteiger partial charge in [-0.3, -0.25) is 14.5 Å². The van der Waals surface area contributed by atoms with Crippen molar-refractivity contribution in [3.63, 3.8) is 0 Å². The van der Waals surface area contributed by atoms with Crippen LogP contribution < -0.4 is 4.74 Å². The van der Waals surface area contributed by atoms with Crippen LogP contribution in [0.15, 0.2) is 18.2 Å². The van der Waals surface area contributed by atoms with Crippen LogP contribution in [0.2, 0.25) is 0 Å². The number of rotatable bonds is 4. The summed E-state index contributed by atoms with van der Waals surface area (Å²) in [6.45, 7) is 2.18. The van der Waals surface area contributed by atoms with Crippen LogP contribution in [0.3, 0.4) is 0 Å². The number of hydrogen-bond donors (Lipinski definition) is 1. The zero-order valence-corrected chi connectivity index (χ0v) is 15.3. The van der Waals surface area contributed by atoms with E-state index >= 15 is 0 Å². The highest BCUT2D eigenvalue weighted by Gasteiger charge is 2.48. The summed E-state index contributed by atoms with van der Waals surface area (Å²) < 4.78 is 23.9. The van der Waals surface area contributed by atoms with Gasteiger partial charge >= 0.3 is 5.97 Å². The molecule has 2 aliphatic rings. The fraction of sp³-hybridized carbons (Fsp3) is 0.529. The highest BCUT2D eigenvalue weighted by molar-refractivity contribution is 5.97. The molecule has 7 nitrogen and oxygen atoms in total. The van der Waals surface area contributed by atoms with E-state index in [4.69, 9.17) is 9.47 Å². The van der Waals surface area contributed by atoms with Crippen molar-refractivity contribution in [1.29, 1.82) is 0 Å². The van der Waals surface area contributed by atoms with Gasteiger partial charge in [-0.25, -0.2) is 4.39 Å². The number of ether oxygens (including phenoxy) is 2. The van der Waals surface area contributed by atoms with Crippen LogP contribution in [0, 0.1) is 5.82 Å². The molecular formula is C17H22ClFN2O5. The molecule has 1 N–H and O–H groups in total. The third kappa shape index (κ3) is 3.62. The minimum absolute atomic E-state index is 0. The number of carbonyl (C=O) groups is 2. The minimum Gasteiger partial charge on any atom is -0.496 e. The molecule has 0 radical (unpaired) electrons. The number of hydrogen-bond acceptors (Lipinski definition) is 5. The standard InChI is InChI=1S/C17H21FN2O5.ClH/c1-24-14-3-2-12(18)10-13(14)15(21)19-5-7-20(8-6-19)17(16(22)23)4-9-25-11-17;/h2-3,10H,4-9,11H2,1H3,(H,22,23);1H. The van der Waals surface area contributed by atoms with Gasteiger partial charge in [0.05, 0.1) is 19.3 Å². The Kier molecular flexibility index (Phi) is 6.44. The molecule has 3 rings (SSSR count). The zero-order chi connectivity index (χ0) is 18.0. The summed E-state index contributed by atoms with van der Waals surface area (Å²) in [5.41, 5.74) is -0.834. The number of amides is 1. The third-order valence-corrected chi connectivity index (χ3v) is 4.96. The molecule has 0 aliphatic carbocycles. The van der Waals surface area contributed by atoms with Gasteiger partial charge in [-0.1, -0.05) is 0 Å². The lowest BCUT2D eigenvalue weighted by Crippen LogP contribution is -2.61. The highest BCUT2D eigenvalue weighted by Crippen LogP contribution is 2.29. The Balaban J connectivity index is 0.00000243. The van der Waals surface area contributed by atoms with Crippen molar-refractivity contribution in [3.05, 3.63) is 29.6 Å². The van der Waals surface area contributed by atoms with Crippen molar-refractivity contribution in [1.82, 2.24) is 9.80 Å². The van der Waals surface area contributed by atoms with E-state index in [-0.39, 0.29) is 30.5 Å². The maximum Gasteiger partial charge on any atom is 0.326 e. The van der Waals surface area contributed by atoms with Gasteiger partial charge in [0.2, 0.25) is 0 Å². The van der Waals surface area contributed by atoms with Crippen LogP contribution in [0.5, 0.6) is 5.75 Å². The first kappa shape index (κ1) is 20.4. The summed E-state index contributed by atoms with van der Waals surface area (Å²) in [5.74, 6) is -1.39. The Hall–Kier alpha value is -1.90. The van der Waals surface area contributed by atoms with Gasteiger partial charge < -0.3 is 19.5 Å². The van der Waals surface area contributed by atoms with Gasteiger partial charge in [0.1, 0.15) is 17.1 Å². The lowest BCUT2D eigenvalue weighted by Gasteiger charge is -2.42. The van der Waals surface area contributed by atoms with Gasteiger partial charge in [-0.05, 0) is 18.2 Å². The number of halogens is 2. The smallest absolute Gasteiger partial charge is 0.326 e. The molecule has 2 fully saturated rings. The van der Waals surface area contributed by atoms with Crippen molar-refractivity contribution in [2.75, 3.05) is 46.5 Å². The molecule has 0 saturated carbocycles. The van der Waals surface area contributed by atoms with Crippen molar-refractivity contribution in [3.8, 4) is 5.75 Å². The molecule has 2 saturated heterocycles. The van der Waals surface area contributed by atoms with Gasteiger partial charge in [0.25, 0.3) is 5.91 Å². The molecule has 1 aromatic carbocycles. The van der Waals surface area contributed by atoms with Gasteiger partial charge in [0, 0.05) is 39.2 Å². The second-order valence-electron chi connectivity index (χ2n) is 6.26. The average molecular weight is 389 g/mol. The summed E-state index contributed by atoms with van der Waals surface area (Å²) in [6, 6.07) is 3.83. The predicted molar refractivity (Wildman–Crippen MR) is 93.5 cm³/mol. The summed E-state index contributed by atoms with van der Waals surface area (Å²) in [5, 5.41) is 9.61. The highest BCUT2D eigenvalue weighted by atomic mass is 35.5. The second kappa shape index (κ2) is 8.20. The monoisotopic (exact) mass is 388 g/mol. The van der Waals surface area contributed by atoms with Gasteiger partial charge in [-0.2, -0.15) is 0 Å². The quantitative estimate of drug-likeness (QED) is 0.836. The van der Waals surface area contributed by atoms with Gasteiger partial charge in [-0.15, -0.1) is 12.4 Å². The number of nitrogens with zero attached hydrogens (tertiary/aromatic N) is 2. The fourth-order valence-corrected chi connectivity index (χ4v) is 3.46. The zero-order valence-electron chi connectivity index (χ0n) is 14.4. The largest absolute Gasteiger partial charge is 0.496 e. The number of carboxylic acids is 1. The Bertz CT molecular complexity index is 673. The summed E-state index contributed by atoms with van der Waals surface area (Å²) >= 11 is 0. The lowest BCUT2D eigenvalue weighted by molar-refractivity contribution is -0.152. The van der Waals surface area contributed by atoms with E-state index in [1.165, 1.54) is 19.2 Å². The molecule has 2 heterocycles. The summed E-state index contributed by atoms with van der Waals surface area (Å²) in [4.78, 5) is 27.9. The van der Waals surface area contributed by atoms with Crippen LogP contribution in [-0.2, 0) is 9.53 Å². The van der Waals surface area contributed by atoms with E-state index in [1.807, 2.05) is 4.90 Å². The van der Waals surface area contributed by atoms with Crippen LogP contribution in [0.25, 0.3) is 0 Å². The number of piperazine rings is 1. The summed E-state index contributed by atoms with van der Waals surface area (Å²) in [7, 11) is 1.43. The van der Waals surface area contributed by atoms with Crippen LogP contribution in [-0.4, -0.2) is 78.8 Å². The van der Waals surface area contributed by atoms with Crippen LogP contribution >= 0.6 is 12.4 Å². The van der Waals surface area contributed by atoms with Crippen LogP contribution in [0.4, 0.5) is 4.39 Å².